The molecular weight excluding hydrogens is 314 g/mol. The summed E-state index contributed by atoms with van der Waals surface area (Å²) in [5.74, 6) is 1.24. The summed E-state index contributed by atoms with van der Waals surface area (Å²) in [5.41, 5.74) is 11.7. The highest BCUT2D eigenvalue weighted by Crippen LogP contribution is 2.30. The predicted molar refractivity (Wildman–Crippen MR) is 87.8 cm³/mol. The number of aryl methyl sites for hydroxylation is 4. The fourth-order valence-corrected chi connectivity index (χ4v) is 2.94. The average Bonchev–Trinajstić information content (AvgIpc) is 2.34. The van der Waals surface area contributed by atoms with Crippen molar-refractivity contribution >= 4 is 21.7 Å². The molecule has 2 rings (SSSR count). The lowest BCUT2D eigenvalue weighted by Gasteiger charge is -2.13. The summed E-state index contributed by atoms with van der Waals surface area (Å²) in [5, 5.41) is 0. The number of hydrogen-bond acceptors (Lipinski definition) is 3. The Morgan fingerprint density at radius 3 is 2.25 bits per heavy atom. The van der Waals surface area contributed by atoms with Crippen LogP contribution in [0.25, 0.3) is 11.4 Å². The second-order valence-corrected chi connectivity index (χ2v) is 6.01. The van der Waals surface area contributed by atoms with Gasteiger partial charge in [-0.1, -0.05) is 31.0 Å². The molecule has 1 heterocycles. The van der Waals surface area contributed by atoms with Gasteiger partial charge in [0.15, 0.2) is 5.82 Å². The van der Waals surface area contributed by atoms with Crippen LogP contribution in [0.2, 0.25) is 0 Å². The molecule has 0 fully saturated rings. The topological polar surface area (TPSA) is 51.8 Å². The molecule has 0 atom stereocenters. The number of nitrogens with two attached hydrogens (primary N) is 1. The first kappa shape index (κ1) is 15.0. The summed E-state index contributed by atoms with van der Waals surface area (Å²) in [6.07, 6.45) is 1.92. The predicted octanol–water partition coefficient (Wildman–Crippen LogP) is 4.37. The summed E-state index contributed by atoms with van der Waals surface area (Å²) < 4.78 is 0.825. The molecule has 3 nitrogen and oxygen atoms in total. The van der Waals surface area contributed by atoms with Gasteiger partial charge in [0, 0.05) is 5.56 Å². The number of hydrogen-bond donors (Lipinski definition) is 1. The van der Waals surface area contributed by atoms with E-state index >= 15 is 0 Å². The smallest absolute Gasteiger partial charge is 0.162 e. The first-order valence-electron chi connectivity index (χ1n) is 6.84. The van der Waals surface area contributed by atoms with Crippen LogP contribution in [0, 0.1) is 20.8 Å². The van der Waals surface area contributed by atoms with Crippen molar-refractivity contribution in [1.29, 1.82) is 0 Å². The Morgan fingerprint density at radius 1 is 1.10 bits per heavy atom. The van der Waals surface area contributed by atoms with Gasteiger partial charge in [0.2, 0.25) is 0 Å². The molecule has 20 heavy (non-hydrogen) atoms. The van der Waals surface area contributed by atoms with Crippen LogP contribution in [-0.4, -0.2) is 9.97 Å². The molecule has 0 saturated heterocycles. The van der Waals surface area contributed by atoms with Gasteiger partial charge >= 0.3 is 0 Å². The molecule has 2 N–H and O–H groups in total. The van der Waals surface area contributed by atoms with Crippen LogP contribution < -0.4 is 5.73 Å². The third-order valence-electron chi connectivity index (χ3n) is 3.33. The first-order valence-corrected chi connectivity index (χ1v) is 7.63. The molecule has 0 radical (unpaired) electrons. The zero-order chi connectivity index (χ0) is 14.9. The Morgan fingerprint density at radius 2 is 1.70 bits per heavy atom. The molecule has 0 aliphatic carbocycles. The lowest BCUT2D eigenvalue weighted by atomic mass is 9.99. The number of nitrogen functional groups attached to an aromatic ring is 1. The van der Waals surface area contributed by atoms with E-state index in [4.69, 9.17) is 10.7 Å². The highest BCUT2D eigenvalue weighted by atomic mass is 79.9. The molecule has 106 valence electrons. The number of anilines is 1. The number of rotatable bonds is 3. The molecule has 1 aromatic heterocycles. The summed E-state index contributed by atoms with van der Waals surface area (Å²) in [6.45, 7) is 8.42. The van der Waals surface area contributed by atoms with Gasteiger partial charge in [-0.25, -0.2) is 9.97 Å². The van der Waals surface area contributed by atoms with Crippen molar-refractivity contribution in [3.63, 3.8) is 0 Å². The minimum absolute atomic E-state index is 0.512. The van der Waals surface area contributed by atoms with Crippen molar-refractivity contribution in [2.24, 2.45) is 0 Å². The largest absolute Gasteiger partial charge is 0.383 e. The first-order chi connectivity index (χ1) is 9.43. The van der Waals surface area contributed by atoms with Gasteiger partial charge in [-0.05, 0) is 54.2 Å². The molecule has 0 bridgehead atoms. The number of nitrogens with zero attached hydrogens (tertiary/aromatic N) is 2. The van der Waals surface area contributed by atoms with E-state index in [1.54, 1.807) is 0 Å². The van der Waals surface area contributed by atoms with Gasteiger partial charge in [0.25, 0.3) is 0 Å². The molecule has 0 aliphatic rings. The molecule has 2 aromatic rings. The second kappa shape index (κ2) is 5.92. The van der Waals surface area contributed by atoms with Crippen molar-refractivity contribution < 1.29 is 0 Å². The zero-order valence-corrected chi connectivity index (χ0v) is 14.0. The quantitative estimate of drug-likeness (QED) is 0.907. The molecule has 0 aliphatic heterocycles. The lowest BCUT2D eigenvalue weighted by molar-refractivity contribution is 0.869. The van der Waals surface area contributed by atoms with Crippen molar-refractivity contribution in [3.05, 3.63) is 39.0 Å². The SMILES string of the molecule is CCCc1nc(-c2c(C)cc(C)cc2C)nc(N)c1Br. The van der Waals surface area contributed by atoms with Crippen molar-refractivity contribution in [3.8, 4) is 11.4 Å². The van der Waals surface area contributed by atoms with E-state index < -0.39 is 0 Å². The summed E-state index contributed by atoms with van der Waals surface area (Å²) >= 11 is 3.49. The van der Waals surface area contributed by atoms with E-state index in [0.29, 0.717) is 5.82 Å². The average molecular weight is 334 g/mol. The fraction of sp³-hybridized carbons (Fsp3) is 0.375. The molecule has 0 spiro atoms. The second-order valence-electron chi connectivity index (χ2n) is 5.22. The van der Waals surface area contributed by atoms with Crippen LogP contribution in [0.5, 0.6) is 0 Å². The molecule has 1 aromatic carbocycles. The van der Waals surface area contributed by atoms with E-state index in [0.717, 1.165) is 34.4 Å². The summed E-state index contributed by atoms with van der Waals surface area (Å²) in [6, 6.07) is 4.31. The Labute approximate surface area is 128 Å². The van der Waals surface area contributed by atoms with Crippen molar-refractivity contribution in [2.75, 3.05) is 5.73 Å². The van der Waals surface area contributed by atoms with Gasteiger partial charge in [0.05, 0.1) is 10.2 Å². The Bertz CT molecular complexity index is 627. The van der Waals surface area contributed by atoms with Gasteiger partial charge in [-0.3, -0.25) is 0 Å². The van der Waals surface area contributed by atoms with E-state index in [1.807, 2.05) is 0 Å². The highest BCUT2D eigenvalue weighted by molar-refractivity contribution is 9.10. The standard InChI is InChI=1S/C16H20BrN3/c1-5-6-12-14(17)15(18)20-16(19-12)13-10(3)7-9(2)8-11(13)4/h7-8H,5-6H2,1-4H3,(H2,18,19,20). The maximum absolute atomic E-state index is 6.02. The maximum Gasteiger partial charge on any atom is 0.162 e. The Kier molecular flexibility index (Phi) is 4.43. The van der Waals surface area contributed by atoms with Gasteiger partial charge in [-0.15, -0.1) is 0 Å². The van der Waals surface area contributed by atoms with Crippen LogP contribution in [0.15, 0.2) is 16.6 Å². The zero-order valence-electron chi connectivity index (χ0n) is 12.4. The van der Waals surface area contributed by atoms with Crippen molar-refractivity contribution in [2.45, 2.75) is 40.5 Å². The Hall–Kier alpha value is -1.42. The van der Waals surface area contributed by atoms with Crippen LogP contribution in [-0.2, 0) is 6.42 Å². The molecule has 0 amide bonds. The van der Waals surface area contributed by atoms with Crippen LogP contribution in [0.1, 0.15) is 35.7 Å². The van der Waals surface area contributed by atoms with Gasteiger partial charge in [-0.2, -0.15) is 0 Å². The maximum atomic E-state index is 6.02. The molecule has 4 heteroatoms. The van der Waals surface area contributed by atoms with E-state index in [2.05, 4.69) is 60.7 Å². The van der Waals surface area contributed by atoms with E-state index in [1.165, 1.54) is 16.7 Å². The molecule has 0 unspecified atom stereocenters. The van der Waals surface area contributed by atoms with Crippen LogP contribution in [0.3, 0.4) is 0 Å². The number of aromatic nitrogens is 2. The van der Waals surface area contributed by atoms with Crippen LogP contribution in [0.4, 0.5) is 5.82 Å². The highest BCUT2D eigenvalue weighted by Gasteiger charge is 2.14. The van der Waals surface area contributed by atoms with E-state index in [9.17, 15) is 0 Å². The lowest BCUT2D eigenvalue weighted by Crippen LogP contribution is -2.04. The van der Waals surface area contributed by atoms with Gasteiger partial charge in [0.1, 0.15) is 5.82 Å². The normalized spacial score (nSPS) is 10.8. The summed E-state index contributed by atoms with van der Waals surface area (Å²) in [4.78, 5) is 9.16. The van der Waals surface area contributed by atoms with Crippen LogP contribution >= 0.6 is 15.9 Å². The van der Waals surface area contributed by atoms with Crippen molar-refractivity contribution in [1.82, 2.24) is 9.97 Å². The molecule has 0 saturated carbocycles. The minimum Gasteiger partial charge on any atom is -0.383 e. The summed E-state index contributed by atoms with van der Waals surface area (Å²) in [7, 11) is 0. The molecular formula is C16H20BrN3. The minimum atomic E-state index is 0.512. The number of benzene rings is 1. The van der Waals surface area contributed by atoms with Gasteiger partial charge < -0.3 is 5.73 Å². The third-order valence-corrected chi connectivity index (χ3v) is 4.20. The number of halogens is 1. The van der Waals surface area contributed by atoms with E-state index in [-0.39, 0.29) is 0 Å². The monoisotopic (exact) mass is 333 g/mol. The Balaban J connectivity index is 2.64. The third kappa shape index (κ3) is 2.85. The fourth-order valence-electron chi connectivity index (χ4n) is 2.56.